The van der Waals surface area contributed by atoms with Crippen molar-refractivity contribution in [3.63, 3.8) is 0 Å². The van der Waals surface area contributed by atoms with E-state index in [2.05, 4.69) is 0 Å². The van der Waals surface area contributed by atoms with Crippen LogP contribution in [0.4, 0.5) is 4.79 Å². The van der Waals surface area contributed by atoms with Crippen LogP contribution in [0.5, 0.6) is 11.5 Å². The number of benzene rings is 1. The molecule has 1 atom stereocenters. The number of esters is 2. The highest BCUT2D eigenvalue weighted by molar-refractivity contribution is 8.18. The van der Waals surface area contributed by atoms with Crippen LogP contribution in [0.15, 0.2) is 23.1 Å². The average Bonchev–Trinajstić information content (AvgIpc) is 3.11. The Morgan fingerprint density at radius 1 is 1.11 bits per heavy atom. The van der Waals surface area contributed by atoms with Gasteiger partial charge in [-0.05, 0) is 105 Å². The molecule has 8 nitrogen and oxygen atoms in total. The van der Waals surface area contributed by atoms with Gasteiger partial charge in [0, 0.05) is 0 Å². The molecule has 198 valence electrons. The number of hydrogen-bond acceptors (Lipinski definition) is 8. The van der Waals surface area contributed by atoms with Crippen molar-refractivity contribution < 1.29 is 33.4 Å². The van der Waals surface area contributed by atoms with Gasteiger partial charge >= 0.3 is 11.9 Å². The van der Waals surface area contributed by atoms with Gasteiger partial charge in [0.1, 0.15) is 6.54 Å². The van der Waals surface area contributed by atoms with E-state index in [9.17, 15) is 19.2 Å². The number of methoxy groups -OCH3 is 1. The lowest BCUT2D eigenvalue weighted by atomic mass is 9.49. The maximum absolute atomic E-state index is 13.4. The van der Waals surface area contributed by atoms with E-state index in [1.807, 2.05) is 6.92 Å². The van der Waals surface area contributed by atoms with Gasteiger partial charge in [0.2, 0.25) is 0 Å². The first-order valence-electron chi connectivity index (χ1n) is 13.0. The van der Waals surface area contributed by atoms with E-state index in [4.69, 9.17) is 14.2 Å². The summed E-state index contributed by atoms with van der Waals surface area (Å²) in [5.41, 5.74) is 0.229. The summed E-state index contributed by atoms with van der Waals surface area (Å²) in [5.74, 6) is 1.30. The average molecular weight is 528 g/mol. The molecule has 37 heavy (non-hydrogen) atoms. The molecule has 2 amide bonds. The van der Waals surface area contributed by atoms with Crippen molar-refractivity contribution in [2.24, 2.45) is 23.2 Å². The Balaban J connectivity index is 1.28. The van der Waals surface area contributed by atoms with Gasteiger partial charge in [-0.2, -0.15) is 0 Å². The van der Waals surface area contributed by atoms with Gasteiger partial charge in [-0.25, -0.2) is 0 Å². The second kappa shape index (κ2) is 10.2. The number of nitrogens with zero attached hydrogens (tertiary/aromatic N) is 1. The summed E-state index contributed by atoms with van der Waals surface area (Å²) in [6.07, 6.45) is 8.41. The molecular weight excluding hydrogens is 494 g/mol. The highest BCUT2D eigenvalue weighted by Gasteiger charge is 2.55. The third-order valence-corrected chi connectivity index (χ3v) is 9.14. The fourth-order valence-electron chi connectivity index (χ4n) is 6.69. The van der Waals surface area contributed by atoms with Crippen LogP contribution in [0.1, 0.15) is 64.4 Å². The Bertz CT molecular complexity index is 1120. The van der Waals surface area contributed by atoms with E-state index in [-0.39, 0.29) is 22.4 Å². The molecule has 5 aliphatic rings. The highest BCUT2D eigenvalue weighted by Crippen LogP contribution is 2.60. The summed E-state index contributed by atoms with van der Waals surface area (Å²) in [5, 5.41) is -0.523. The molecule has 4 bridgehead atoms. The van der Waals surface area contributed by atoms with Gasteiger partial charge in [0.25, 0.3) is 11.1 Å². The third kappa shape index (κ3) is 5.15. The van der Waals surface area contributed by atoms with Crippen molar-refractivity contribution in [1.82, 2.24) is 4.90 Å². The minimum Gasteiger partial charge on any atom is -0.493 e. The zero-order valence-electron chi connectivity index (χ0n) is 21.5. The number of amides is 2. The molecule has 4 saturated carbocycles. The fourth-order valence-corrected chi connectivity index (χ4v) is 7.53. The molecule has 0 N–H and O–H groups in total. The van der Waals surface area contributed by atoms with E-state index in [0.29, 0.717) is 41.2 Å². The van der Waals surface area contributed by atoms with E-state index >= 15 is 0 Å². The first-order valence-corrected chi connectivity index (χ1v) is 13.9. The van der Waals surface area contributed by atoms with Crippen LogP contribution < -0.4 is 9.47 Å². The number of thioether (sulfide) groups is 1. The third-order valence-electron chi connectivity index (χ3n) is 8.23. The molecule has 1 aromatic rings. The Kier molecular flexibility index (Phi) is 7.09. The zero-order valence-corrected chi connectivity index (χ0v) is 22.3. The molecular formula is C28H33NO7S. The smallest absolute Gasteiger partial charge is 0.326 e. The lowest BCUT2D eigenvalue weighted by Gasteiger charge is -2.55. The predicted octanol–water partition coefficient (Wildman–Crippen LogP) is 5.20. The molecule has 6 rings (SSSR count). The number of hydrogen-bond donors (Lipinski definition) is 0. The summed E-state index contributed by atoms with van der Waals surface area (Å²) in [7, 11) is 1.50. The van der Waals surface area contributed by atoms with E-state index in [1.165, 1.54) is 26.4 Å². The molecule has 1 aromatic carbocycles. The largest absolute Gasteiger partial charge is 0.493 e. The second-order valence-corrected chi connectivity index (χ2v) is 12.0. The number of imide groups is 1. The van der Waals surface area contributed by atoms with Gasteiger partial charge < -0.3 is 14.2 Å². The molecule has 9 heteroatoms. The van der Waals surface area contributed by atoms with Crippen LogP contribution in [-0.4, -0.2) is 47.7 Å². The van der Waals surface area contributed by atoms with Crippen molar-refractivity contribution in [2.75, 3.05) is 13.7 Å². The predicted molar refractivity (Wildman–Crippen MR) is 138 cm³/mol. The van der Waals surface area contributed by atoms with Crippen molar-refractivity contribution in [2.45, 2.75) is 64.9 Å². The van der Waals surface area contributed by atoms with Crippen molar-refractivity contribution in [3.05, 3.63) is 28.7 Å². The molecule has 5 fully saturated rings. The lowest BCUT2D eigenvalue weighted by molar-refractivity contribution is -0.161. The van der Waals surface area contributed by atoms with Crippen molar-refractivity contribution in [3.8, 4) is 11.5 Å². The Labute approximate surface area is 221 Å². The summed E-state index contributed by atoms with van der Waals surface area (Å²) >= 11 is 0.768. The molecule has 0 aromatic heterocycles. The lowest BCUT2D eigenvalue weighted by Crippen LogP contribution is -2.51. The molecule has 1 heterocycles. The normalized spacial score (nSPS) is 30.1. The van der Waals surface area contributed by atoms with Crippen LogP contribution in [0, 0.1) is 23.2 Å². The van der Waals surface area contributed by atoms with Gasteiger partial charge in [-0.15, -0.1) is 0 Å². The Morgan fingerprint density at radius 2 is 1.76 bits per heavy atom. The topological polar surface area (TPSA) is 99.2 Å². The summed E-state index contributed by atoms with van der Waals surface area (Å²) in [6.45, 7) is 3.21. The summed E-state index contributed by atoms with van der Waals surface area (Å²) in [6, 6.07) is 5.06. The van der Waals surface area contributed by atoms with Crippen LogP contribution in [0.3, 0.4) is 0 Å². The first kappa shape index (κ1) is 25.8. The van der Waals surface area contributed by atoms with Gasteiger partial charge in [-0.1, -0.05) is 13.0 Å². The first-order chi connectivity index (χ1) is 17.7. The van der Waals surface area contributed by atoms with Crippen molar-refractivity contribution in [1.29, 1.82) is 0 Å². The standard InChI is InChI=1S/C28H33NO7S/c1-4-16(2)35-24(30)15-29-25(31)23(37-27(29)33)11-17-5-6-21(22(10-17)34-3)36-26(32)28-12-18-7-19(13-28)9-20(8-18)14-28/h5-6,10-11,16,18-20H,4,7-9,12-15H2,1-3H3/b23-11-/t16-,18?,19?,20?,28?/m0/s1. The quantitative estimate of drug-likeness (QED) is 0.259. The molecule has 1 saturated heterocycles. The molecule has 4 aliphatic carbocycles. The number of rotatable bonds is 8. The molecule has 0 spiro atoms. The fraction of sp³-hybridized carbons (Fsp3) is 0.571. The van der Waals surface area contributed by atoms with Crippen LogP contribution >= 0.6 is 11.8 Å². The van der Waals surface area contributed by atoms with Crippen molar-refractivity contribution >= 4 is 40.9 Å². The number of ether oxygens (including phenoxy) is 3. The van der Waals surface area contributed by atoms with E-state index in [1.54, 1.807) is 31.2 Å². The second-order valence-electron chi connectivity index (χ2n) is 11.0. The number of carbonyl (C=O) groups excluding carboxylic acids is 4. The Hall–Kier alpha value is -2.81. The SMILES string of the molecule is CC[C@H](C)OC(=O)CN1C(=O)S/C(=C\c2ccc(OC(=O)C34CC5CC(CC(C5)C3)C4)c(OC)c2)C1=O. The summed E-state index contributed by atoms with van der Waals surface area (Å²) < 4.78 is 16.6. The maximum atomic E-state index is 13.4. The van der Waals surface area contributed by atoms with Crippen LogP contribution in [0.25, 0.3) is 6.08 Å². The Morgan fingerprint density at radius 3 is 2.35 bits per heavy atom. The van der Waals surface area contributed by atoms with Gasteiger partial charge in [0.05, 0.1) is 23.5 Å². The van der Waals surface area contributed by atoms with Crippen LogP contribution in [-0.2, 0) is 19.1 Å². The minimum atomic E-state index is -0.621. The number of carbonyl (C=O) groups is 4. The van der Waals surface area contributed by atoms with Gasteiger partial charge in [-0.3, -0.25) is 24.1 Å². The van der Waals surface area contributed by atoms with E-state index in [0.717, 1.165) is 35.9 Å². The molecule has 1 aliphatic heterocycles. The zero-order chi connectivity index (χ0) is 26.3. The monoisotopic (exact) mass is 527 g/mol. The molecule has 0 radical (unpaired) electrons. The maximum Gasteiger partial charge on any atom is 0.326 e. The van der Waals surface area contributed by atoms with Crippen LogP contribution in [0.2, 0.25) is 0 Å². The summed E-state index contributed by atoms with van der Waals surface area (Å²) in [4.78, 5) is 51.7. The minimum absolute atomic E-state index is 0.164. The highest BCUT2D eigenvalue weighted by atomic mass is 32.2. The van der Waals surface area contributed by atoms with E-state index < -0.39 is 23.7 Å². The molecule has 0 unspecified atom stereocenters. The van der Waals surface area contributed by atoms with Gasteiger partial charge in [0.15, 0.2) is 11.5 Å².